The molecule has 0 amide bonds. The zero-order valence-electron chi connectivity index (χ0n) is 5.84. The van der Waals surface area contributed by atoms with Gasteiger partial charge in [0.05, 0.1) is 17.1 Å². The first-order chi connectivity index (χ1) is 5.42. The van der Waals surface area contributed by atoms with E-state index in [0.29, 0.717) is 5.88 Å². The average Bonchev–Trinajstić information content (AvgIpc) is 2.47. The summed E-state index contributed by atoms with van der Waals surface area (Å²) in [6.45, 7) is 0. The van der Waals surface area contributed by atoms with Crippen molar-refractivity contribution in [1.29, 1.82) is 0 Å². The number of fused-ring (bicyclic) bond motifs is 1. The van der Waals surface area contributed by atoms with Gasteiger partial charge in [0.15, 0.2) is 0 Å². The van der Waals surface area contributed by atoms with Crippen LogP contribution in [0, 0.1) is 0 Å². The van der Waals surface area contributed by atoms with Gasteiger partial charge in [0, 0.05) is 5.39 Å². The lowest BCUT2D eigenvalue weighted by molar-refractivity contribution is 1.05. The van der Waals surface area contributed by atoms with Crippen LogP contribution in [0.25, 0.3) is 10.9 Å². The lowest BCUT2D eigenvalue weighted by Gasteiger charge is -1.87. The van der Waals surface area contributed by atoms with Crippen molar-refractivity contribution in [3.05, 3.63) is 30.0 Å². The highest BCUT2D eigenvalue weighted by Gasteiger charge is 2.00. The molecule has 0 atom stereocenters. The molecule has 0 aliphatic carbocycles. The van der Waals surface area contributed by atoms with E-state index in [1.54, 1.807) is 0 Å². The molecule has 0 saturated heterocycles. The summed E-state index contributed by atoms with van der Waals surface area (Å²) in [5.74, 6) is 0.462. The molecule has 1 heterocycles. The Bertz CT molecular complexity index is 367. The molecule has 0 radical (unpaired) electrons. The molecule has 0 unspecified atom stereocenters. The van der Waals surface area contributed by atoms with Crippen molar-refractivity contribution in [2.75, 3.05) is 0 Å². The number of nitrogens with zero attached hydrogens (tertiary/aromatic N) is 1. The van der Waals surface area contributed by atoms with Crippen molar-refractivity contribution in [2.24, 2.45) is 0 Å². The average molecular weight is 167 g/mol. The van der Waals surface area contributed by atoms with Crippen molar-refractivity contribution in [1.82, 2.24) is 10.2 Å². The second-order valence-corrected chi connectivity index (χ2v) is 2.62. The zero-order chi connectivity index (χ0) is 7.68. The van der Waals surface area contributed by atoms with Gasteiger partial charge in [0.1, 0.15) is 0 Å². The molecular formula is C8H7ClN2. The fraction of sp³-hybridized carbons (Fsp3) is 0.125. The van der Waals surface area contributed by atoms with Gasteiger partial charge in [-0.25, -0.2) is 0 Å². The first-order valence-electron chi connectivity index (χ1n) is 3.40. The number of aromatic amines is 1. The molecule has 1 aromatic carbocycles. The Morgan fingerprint density at radius 2 is 2.18 bits per heavy atom. The van der Waals surface area contributed by atoms with E-state index in [1.165, 1.54) is 0 Å². The first kappa shape index (κ1) is 6.68. The fourth-order valence-electron chi connectivity index (χ4n) is 1.12. The van der Waals surface area contributed by atoms with Crippen LogP contribution in [0.5, 0.6) is 0 Å². The van der Waals surface area contributed by atoms with Crippen molar-refractivity contribution < 1.29 is 0 Å². The first-order valence-corrected chi connectivity index (χ1v) is 3.93. The van der Waals surface area contributed by atoms with Crippen molar-refractivity contribution >= 4 is 22.5 Å². The van der Waals surface area contributed by atoms with Crippen molar-refractivity contribution in [3.63, 3.8) is 0 Å². The third kappa shape index (κ3) is 0.994. The summed E-state index contributed by atoms with van der Waals surface area (Å²) < 4.78 is 0. The molecule has 2 nitrogen and oxygen atoms in total. The Hall–Kier alpha value is -1.02. The van der Waals surface area contributed by atoms with Crippen LogP contribution in [0.1, 0.15) is 5.69 Å². The fourth-order valence-corrected chi connectivity index (χ4v) is 1.33. The van der Waals surface area contributed by atoms with Gasteiger partial charge >= 0.3 is 0 Å². The molecule has 2 aromatic rings. The van der Waals surface area contributed by atoms with E-state index in [0.717, 1.165) is 16.6 Å². The number of hydrogen-bond donors (Lipinski definition) is 1. The molecule has 0 aliphatic heterocycles. The maximum atomic E-state index is 5.66. The van der Waals surface area contributed by atoms with Gasteiger partial charge in [-0.05, 0) is 6.07 Å². The molecule has 2 rings (SSSR count). The third-order valence-electron chi connectivity index (χ3n) is 1.68. The Labute approximate surface area is 69.2 Å². The number of aromatic nitrogens is 2. The molecule has 1 N–H and O–H groups in total. The number of benzene rings is 1. The van der Waals surface area contributed by atoms with Gasteiger partial charge in [-0.1, -0.05) is 18.2 Å². The van der Waals surface area contributed by atoms with Crippen LogP contribution >= 0.6 is 11.6 Å². The maximum Gasteiger partial charge on any atom is 0.0848 e. The monoisotopic (exact) mass is 166 g/mol. The normalized spacial score (nSPS) is 10.6. The van der Waals surface area contributed by atoms with E-state index in [2.05, 4.69) is 10.2 Å². The smallest absolute Gasteiger partial charge is 0.0848 e. The van der Waals surface area contributed by atoms with E-state index in [4.69, 9.17) is 11.6 Å². The maximum absolute atomic E-state index is 5.66. The largest absolute Gasteiger partial charge is 0.278 e. The summed E-state index contributed by atoms with van der Waals surface area (Å²) >= 11 is 5.66. The van der Waals surface area contributed by atoms with Crippen LogP contribution in [0.2, 0.25) is 0 Å². The summed E-state index contributed by atoms with van der Waals surface area (Å²) in [7, 11) is 0. The summed E-state index contributed by atoms with van der Waals surface area (Å²) in [6, 6.07) is 7.95. The van der Waals surface area contributed by atoms with E-state index < -0.39 is 0 Å². The molecule has 11 heavy (non-hydrogen) atoms. The second-order valence-electron chi connectivity index (χ2n) is 2.35. The highest BCUT2D eigenvalue weighted by atomic mass is 35.5. The molecule has 0 saturated carbocycles. The molecular weight excluding hydrogens is 160 g/mol. The molecule has 0 aliphatic rings. The van der Waals surface area contributed by atoms with Crippen molar-refractivity contribution in [3.8, 4) is 0 Å². The number of nitrogens with one attached hydrogen (secondary N) is 1. The third-order valence-corrected chi connectivity index (χ3v) is 1.93. The quantitative estimate of drug-likeness (QED) is 0.647. The minimum absolute atomic E-state index is 0.462. The minimum Gasteiger partial charge on any atom is -0.278 e. The topological polar surface area (TPSA) is 28.7 Å². The van der Waals surface area contributed by atoms with Gasteiger partial charge in [-0.2, -0.15) is 5.10 Å². The van der Waals surface area contributed by atoms with Gasteiger partial charge in [-0.3, -0.25) is 5.10 Å². The van der Waals surface area contributed by atoms with Crippen LogP contribution < -0.4 is 0 Å². The zero-order valence-corrected chi connectivity index (χ0v) is 6.60. The van der Waals surface area contributed by atoms with Crippen LogP contribution in [0.3, 0.4) is 0 Å². The summed E-state index contributed by atoms with van der Waals surface area (Å²) in [5, 5.41) is 8.07. The molecule has 0 bridgehead atoms. The molecule has 0 fully saturated rings. The van der Waals surface area contributed by atoms with E-state index in [1.807, 2.05) is 24.3 Å². The van der Waals surface area contributed by atoms with E-state index in [-0.39, 0.29) is 0 Å². The summed E-state index contributed by atoms with van der Waals surface area (Å²) in [6.07, 6.45) is 0. The van der Waals surface area contributed by atoms with Crippen LogP contribution in [-0.2, 0) is 5.88 Å². The number of H-pyrrole nitrogens is 1. The Morgan fingerprint density at radius 1 is 1.36 bits per heavy atom. The Kier molecular flexibility index (Phi) is 1.55. The molecule has 3 heteroatoms. The SMILES string of the molecule is ClCc1n[nH]c2ccccc12. The second kappa shape index (κ2) is 2.55. The number of alkyl halides is 1. The Balaban J connectivity index is 2.76. The standard InChI is InChI=1S/C8H7ClN2/c9-5-8-6-3-1-2-4-7(6)10-11-8/h1-4H,5H2,(H,10,11). The van der Waals surface area contributed by atoms with Gasteiger partial charge in [0.2, 0.25) is 0 Å². The minimum atomic E-state index is 0.462. The van der Waals surface area contributed by atoms with E-state index in [9.17, 15) is 0 Å². The van der Waals surface area contributed by atoms with Gasteiger partial charge in [-0.15, -0.1) is 11.6 Å². The highest BCUT2D eigenvalue weighted by molar-refractivity contribution is 6.17. The highest BCUT2D eigenvalue weighted by Crippen LogP contribution is 2.15. The lowest BCUT2D eigenvalue weighted by Crippen LogP contribution is -1.75. The molecule has 56 valence electrons. The summed E-state index contributed by atoms with van der Waals surface area (Å²) in [5.41, 5.74) is 1.96. The number of para-hydroxylation sites is 1. The summed E-state index contributed by atoms with van der Waals surface area (Å²) in [4.78, 5) is 0. The predicted molar refractivity (Wildman–Crippen MR) is 45.7 cm³/mol. The number of rotatable bonds is 1. The Morgan fingerprint density at radius 3 is 3.00 bits per heavy atom. The van der Waals surface area contributed by atoms with Crippen LogP contribution in [0.4, 0.5) is 0 Å². The van der Waals surface area contributed by atoms with Gasteiger partial charge < -0.3 is 0 Å². The number of hydrogen-bond acceptors (Lipinski definition) is 1. The van der Waals surface area contributed by atoms with Gasteiger partial charge in [0.25, 0.3) is 0 Å². The van der Waals surface area contributed by atoms with E-state index >= 15 is 0 Å². The molecule has 0 spiro atoms. The van der Waals surface area contributed by atoms with Crippen LogP contribution in [-0.4, -0.2) is 10.2 Å². The molecule has 1 aromatic heterocycles. The predicted octanol–water partition coefficient (Wildman–Crippen LogP) is 2.30. The lowest BCUT2D eigenvalue weighted by atomic mass is 10.2. The van der Waals surface area contributed by atoms with Crippen molar-refractivity contribution in [2.45, 2.75) is 5.88 Å². The number of halogens is 1. The van der Waals surface area contributed by atoms with Crippen LogP contribution in [0.15, 0.2) is 24.3 Å².